The minimum atomic E-state index is -0.228. The maximum absolute atomic E-state index is 14.5. The van der Waals surface area contributed by atoms with Crippen LogP contribution >= 0.6 is 0 Å². The topological polar surface area (TPSA) is 21.3 Å². The molecule has 2 aromatic carbocycles. The van der Waals surface area contributed by atoms with Gasteiger partial charge in [-0.25, -0.2) is 4.39 Å². The van der Waals surface area contributed by atoms with E-state index in [0.29, 0.717) is 12.2 Å². The van der Waals surface area contributed by atoms with Gasteiger partial charge in [-0.3, -0.25) is 0 Å². The standard InChI is InChI=1S/C18H22FNO/c1-5-21-16-9-7-6-8-14(16)18(20-4)17-13(3)10-12(2)11-15(17)19/h6-11,18,20H,5H2,1-4H3. The highest BCUT2D eigenvalue weighted by Crippen LogP contribution is 2.33. The minimum Gasteiger partial charge on any atom is -0.494 e. The molecular weight excluding hydrogens is 265 g/mol. The molecule has 1 N–H and O–H groups in total. The second-order valence-corrected chi connectivity index (χ2v) is 5.17. The molecule has 0 heterocycles. The fourth-order valence-electron chi connectivity index (χ4n) is 2.75. The SMILES string of the molecule is CCOc1ccccc1C(NC)c1c(C)cc(C)cc1F. The summed E-state index contributed by atoms with van der Waals surface area (Å²) in [6.07, 6.45) is 0. The van der Waals surface area contributed by atoms with Crippen LogP contribution in [0.5, 0.6) is 5.75 Å². The predicted molar refractivity (Wildman–Crippen MR) is 84.4 cm³/mol. The molecule has 0 aliphatic rings. The molecule has 0 aliphatic heterocycles. The molecule has 0 aromatic heterocycles. The van der Waals surface area contributed by atoms with Gasteiger partial charge < -0.3 is 10.1 Å². The van der Waals surface area contributed by atoms with Crippen LogP contribution < -0.4 is 10.1 Å². The van der Waals surface area contributed by atoms with Crippen LogP contribution in [0.3, 0.4) is 0 Å². The van der Waals surface area contributed by atoms with Gasteiger partial charge >= 0.3 is 0 Å². The van der Waals surface area contributed by atoms with Crippen molar-refractivity contribution in [3.8, 4) is 5.75 Å². The molecule has 0 radical (unpaired) electrons. The summed E-state index contributed by atoms with van der Waals surface area (Å²) >= 11 is 0. The molecule has 0 saturated heterocycles. The third kappa shape index (κ3) is 3.24. The average Bonchev–Trinajstić information content (AvgIpc) is 2.44. The van der Waals surface area contributed by atoms with Gasteiger partial charge in [0.05, 0.1) is 12.6 Å². The van der Waals surface area contributed by atoms with Crippen LogP contribution in [0.25, 0.3) is 0 Å². The van der Waals surface area contributed by atoms with E-state index < -0.39 is 0 Å². The van der Waals surface area contributed by atoms with E-state index in [9.17, 15) is 4.39 Å². The van der Waals surface area contributed by atoms with Crippen LogP contribution in [0.15, 0.2) is 36.4 Å². The van der Waals surface area contributed by atoms with Gasteiger partial charge in [-0.05, 0) is 51.1 Å². The Morgan fingerprint density at radius 1 is 1.19 bits per heavy atom. The quantitative estimate of drug-likeness (QED) is 0.892. The number of aryl methyl sites for hydroxylation is 2. The number of benzene rings is 2. The molecule has 3 heteroatoms. The molecule has 112 valence electrons. The Hall–Kier alpha value is -1.87. The van der Waals surface area contributed by atoms with Gasteiger partial charge in [0, 0.05) is 11.1 Å². The summed E-state index contributed by atoms with van der Waals surface area (Å²) in [6.45, 7) is 6.38. The molecular formula is C18H22FNO. The number of rotatable bonds is 5. The highest BCUT2D eigenvalue weighted by molar-refractivity contribution is 5.45. The van der Waals surface area contributed by atoms with Gasteiger partial charge in [-0.2, -0.15) is 0 Å². The van der Waals surface area contributed by atoms with E-state index in [0.717, 1.165) is 22.4 Å². The summed E-state index contributed by atoms with van der Waals surface area (Å²) in [5.74, 6) is 0.608. The number of hydrogen-bond acceptors (Lipinski definition) is 2. The van der Waals surface area contributed by atoms with E-state index in [4.69, 9.17) is 4.74 Å². The van der Waals surface area contributed by atoms with Crippen molar-refractivity contribution in [1.29, 1.82) is 0 Å². The zero-order valence-electron chi connectivity index (χ0n) is 13.0. The second kappa shape index (κ2) is 6.72. The first-order chi connectivity index (χ1) is 10.1. The number of ether oxygens (including phenoxy) is 1. The minimum absolute atomic E-state index is 0.182. The number of para-hydroxylation sites is 1. The highest BCUT2D eigenvalue weighted by atomic mass is 19.1. The van der Waals surface area contributed by atoms with E-state index >= 15 is 0 Å². The fourth-order valence-corrected chi connectivity index (χ4v) is 2.75. The lowest BCUT2D eigenvalue weighted by Gasteiger charge is -2.23. The van der Waals surface area contributed by atoms with Crippen LogP contribution in [0.4, 0.5) is 4.39 Å². The van der Waals surface area contributed by atoms with Crippen molar-refractivity contribution in [3.63, 3.8) is 0 Å². The Balaban J connectivity index is 2.55. The molecule has 1 unspecified atom stereocenters. The molecule has 2 nitrogen and oxygen atoms in total. The monoisotopic (exact) mass is 287 g/mol. The molecule has 0 saturated carbocycles. The Bertz CT molecular complexity index is 601. The van der Waals surface area contributed by atoms with E-state index in [1.54, 1.807) is 6.07 Å². The van der Waals surface area contributed by atoms with Crippen LogP contribution in [0.2, 0.25) is 0 Å². The van der Waals surface area contributed by atoms with Crippen molar-refractivity contribution < 1.29 is 9.13 Å². The molecule has 0 spiro atoms. The number of halogens is 1. The van der Waals surface area contributed by atoms with Crippen molar-refractivity contribution in [2.75, 3.05) is 13.7 Å². The van der Waals surface area contributed by atoms with Crippen molar-refractivity contribution >= 4 is 0 Å². The van der Waals surface area contributed by atoms with Crippen LogP contribution in [0, 0.1) is 19.7 Å². The largest absolute Gasteiger partial charge is 0.494 e. The molecule has 0 aliphatic carbocycles. The Labute approximate surface area is 126 Å². The third-order valence-corrected chi connectivity index (χ3v) is 3.59. The average molecular weight is 287 g/mol. The summed E-state index contributed by atoms with van der Waals surface area (Å²) in [5, 5.41) is 3.21. The normalized spacial score (nSPS) is 12.2. The highest BCUT2D eigenvalue weighted by Gasteiger charge is 2.21. The van der Waals surface area contributed by atoms with Gasteiger partial charge in [0.1, 0.15) is 11.6 Å². The van der Waals surface area contributed by atoms with E-state index in [-0.39, 0.29) is 11.9 Å². The lowest BCUT2D eigenvalue weighted by Crippen LogP contribution is -2.21. The molecule has 1 atom stereocenters. The summed E-state index contributed by atoms with van der Waals surface area (Å²) in [6, 6.07) is 11.1. The lowest BCUT2D eigenvalue weighted by molar-refractivity contribution is 0.333. The summed E-state index contributed by atoms with van der Waals surface area (Å²) in [5.41, 5.74) is 3.50. The van der Waals surface area contributed by atoms with Crippen LogP contribution in [0.1, 0.15) is 35.2 Å². The van der Waals surface area contributed by atoms with Crippen molar-refractivity contribution in [3.05, 3.63) is 64.5 Å². The first kappa shape index (κ1) is 15.5. The van der Waals surface area contributed by atoms with E-state index in [1.165, 1.54) is 0 Å². The smallest absolute Gasteiger partial charge is 0.128 e. The Morgan fingerprint density at radius 2 is 1.90 bits per heavy atom. The molecule has 2 rings (SSSR count). The second-order valence-electron chi connectivity index (χ2n) is 5.17. The van der Waals surface area contributed by atoms with E-state index in [2.05, 4.69) is 5.32 Å². The number of nitrogens with one attached hydrogen (secondary N) is 1. The molecule has 0 amide bonds. The first-order valence-electron chi connectivity index (χ1n) is 7.24. The zero-order valence-corrected chi connectivity index (χ0v) is 13.0. The van der Waals surface area contributed by atoms with Crippen molar-refractivity contribution in [1.82, 2.24) is 5.32 Å². The molecule has 0 bridgehead atoms. The number of hydrogen-bond donors (Lipinski definition) is 1. The first-order valence-corrected chi connectivity index (χ1v) is 7.24. The summed E-state index contributed by atoms with van der Waals surface area (Å²) < 4.78 is 20.2. The molecule has 0 fully saturated rings. The van der Waals surface area contributed by atoms with Crippen LogP contribution in [-0.4, -0.2) is 13.7 Å². The molecule has 2 aromatic rings. The predicted octanol–water partition coefficient (Wildman–Crippen LogP) is 4.15. The van der Waals surface area contributed by atoms with Gasteiger partial charge in [-0.15, -0.1) is 0 Å². The fraction of sp³-hybridized carbons (Fsp3) is 0.333. The Kier molecular flexibility index (Phi) is 4.97. The maximum Gasteiger partial charge on any atom is 0.128 e. The maximum atomic E-state index is 14.5. The van der Waals surface area contributed by atoms with Crippen molar-refractivity contribution in [2.24, 2.45) is 0 Å². The van der Waals surface area contributed by atoms with Gasteiger partial charge in [0.2, 0.25) is 0 Å². The zero-order chi connectivity index (χ0) is 15.4. The van der Waals surface area contributed by atoms with Gasteiger partial charge in [0.15, 0.2) is 0 Å². The summed E-state index contributed by atoms with van der Waals surface area (Å²) in [4.78, 5) is 0. The third-order valence-electron chi connectivity index (χ3n) is 3.59. The summed E-state index contributed by atoms with van der Waals surface area (Å²) in [7, 11) is 1.84. The molecule has 21 heavy (non-hydrogen) atoms. The van der Waals surface area contributed by atoms with Gasteiger partial charge in [0.25, 0.3) is 0 Å². The van der Waals surface area contributed by atoms with E-state index in [1.807, 2.05) is 58.2 Å². The Morgan fingerprint density at radius 3 is 2.52 bits per heavy atom. The van der Waals surface area contributed by atoms with Crippen molar-refractivity contribution in [2.45, 2.75) is 26.8 Å². The lowest BCUT2D eigenvalue weighted by atomic mass is 9.92. The van der Waals surface area contributed by atoms with Gasteiger partial charge in [-0.1, -0.05) is 24.3 Å². The van der Waals surface area contributed by atoms with Crippen LogP contribution in [-0.2, 0) is 0 Å².